The molecule has 0 aromatic heterocycles. The second-order valence-corrected chi connectivity index (χ2v) is 2.87. The molecule has 0 rings (SSSR count). The first-order valence-corrected chi connectivity index (χ1v) is 3.21. The summed E-state index contributed by atoms with van der Waals surface area (Å²) >= 11 is 3.58. The van der Waals surface area contributed by atoms with Crippen molar-refractivity contribution in [1.82, 2.24) is 0 Å². The van der Waals surface area contributed by atoms with Crippen molar-refractivity contribution >= 4 is 20.1 Å². The van der Waals surface area contributed by atoms with Gasteiger partial charge in [0.15, 0.2) is 0 Å². The monoisotopic (exact) mass is 219 g/mol. The molecule has 0 spiro atoms. The summed E-state index contributed by atoms with van der Waals surface area (Å²) < 4.78 is 18.4. The molecule has 1 atom stereocenters. The van der Waals surface area contributed by atoms with Gasteiger partial charge in [-0.15, -0.1) is 0 Å². The predicted octanol–water partition coefficient (Wildman–Crippen LogP) is -1.27. The van der Waals surface area contributed by atoms with Crippen LogP contribution >= 0.6 is 0 Å². The molecule has 0 amide bonds. The summed E-state index contributed by atoms with van der Waals surface area (Å²) in [5.74, 6) is 0. The van der Waals surface area contributed by atoms with Crippen molar-refractivity contribution < 1.29 is 31.1 Å². The van der Waals surface area contributed by atoms with Crippen LogP contribution in [0.25, 0.3) is 0 Å². The maximum atomic E-state index is 9.22. The van der Waals surface area contributed by atoms with Gasteiger partial charge in [0, 0.05) is 8.96 Å². The fraction of sp³-hybridized carbons (Fsp3) is 0. The third kappa shape index (κ3) is 77.0. The summed E-state index contributed by atoms with van der Waals surface area (Å²) in [6, 6.07) is 0. The van der Waals surface area contributed by atoms with E-state index in [0.717, 1.165) is 0 Å². The number of nitrogens with two attached hydrogens (primary N) is 1. The summed E-state index contributed by atoms with van der Waals surface area (Å²) in [6.45, 7) is 0. The van der Waals surface area contributed by atoms with Gasteiger partial charge in [0.2, 0.25) is 0 Å². The Morgan fingerprint density at radius 3 is 1.83 bits per heavy atom. The van der Waals surface area contributed by atoms with Gasteiger partial charge in [0.05, 0.1) is 0 Å². The van der Waals surface area contributed by atoms with Crippen LogP contribution in [0, 0.1) is 0 Å². The minimum absolute atomic E-state index is 0. The summed E-state index contributed by atoms with van der Waals surface area (Å²) in [7, 11) is -3.58. The maximum Gasteiger partial charge on any atom is 1.00 e. The van der Waals surface area contributed by atoms with Gasteiger partial charge in [-0.2, -0.15) is 0 Å². The number of hydrogen-bond donors (Lipinski definition) is 1. The van der Waals surface area contributed by atoms with Crippen LogP contribution in [0.1, 0.15) is 0 Å². The molecule has 0 fully saturated rings. The van der Waals surface area contributed by atoms with Gasteiger partial charge in [0.1, 0.15) is 0 Å². The van der Waals surface area contributed by atoms with Gasteiger partial charge in [-0.25, -0.2) is 0 Å². The van der Waals surface area contributed by atoms with Crippen LogP contribution in [-0.2, 0) is 42.5 Å². The van der Waals surface area contributed by atoms with Crippen LogP contribution in [0.4, 0.5) is 0 Å². The topological polar surface area (TPSA) is 66.2 Å². The molecule has 2 N–H and O–H groups in total. The molecule has 42 valence electrons. The molecule has 0 radical (unpaired) electrons. The van der Waals surface area contributed by atoms with Crippen molar-refractivity contribution in [3.8, 4) is 0 Å². The average molecular weight is 220 g/mol. The zero-order valence-electron chi connectivity index (χ0n) is 2.51. The zero-order chi connectivity index (χ0) is 4.50. The van der Waals surface area contributed by atoms with E-state index in [-0.39, 0.29) is 22.4 Å². The van der Waals surface area contributed by atoms with E-state index in [1.54, 1.807) is 0 Å². The van der Waals surface area contributed by atoms with E-state index in [1.807, 2.05) is 0 Å². The Bertz CT molecular complexity index is 94.7. The first kappa shape index (κ1) is 10.1. The van der Waals surface area contributed by atoms with Gasteiger partial charge in [-0.3, -0.25) is 9.35 Å². The van der Waals surface area contributed by atoms with Crippen molar-refractivity contribution in [2.24, 2.45) is 5.14 Å². The van der Waals surface area contributed by atoms with Crippen LogP contribution in [0.3, 0.4) is 0 Å². The molecule has 1 unspecified atom stereocenters. The molecular weight excluding hydrogens is 218 g/mol. The molecule has 0 heterocycles. The minimum atomic E-state index is -3.58. The standard InChI is InChI=1S/Ag.H3NO2S2/c;1-5(2,3)4/h;(H3,1,2,3,4)/q+1;/p-1. The molecule has 0 aliphatic rings. The fourth-order valence-corrected chi connectivity index (χ4v) is 0. The predicted molar refractivity (Wildman–Crippen MR) is 20.5 cm³/mol. The van der Waals surface area contributed by atoms with Gasteiger partial charge < -0.3 is 4.55 Å². The van der Waals surface area contributed by atoms with Crippen LogP contribution in [0.15, 0.2) is 0 Å². The van der Waals surface area contributed by atoms with Crippen molar-refractivity contribution in [2.45, 2.75) is 0 Å². The summed E-state index contributed by atoms with van der Waals surface area (Å²) in [5, 5.41) is 4.14. The van der Waals surface area contributed by atoms with E-state index >= 15 is 0 Å². The molecule has 0 saturated heterocycles. The second-order valence-electron chi connectivity index (χ2n) is 0.493. The normalized spacial score (nSPS) is 17.7. The average Bonchev–Trinajstić information content (AvgIpc) is 0.722. The van der Waals surface area contributed by atoms with E-state index in [0.29, 0.717) is 0 Å². The molecule has 6 heavy (non-hydrogen) atoms. The van der Waals surface area contributed by atoms with E-state index in [1.165, 1.54) is 0 Å². The van der Waals surface area contributed by atoms with Crippen molar-refractivity contribution in [3.05, 3.63) is 0 Å². The Balaban J connectivity index is 0. The van der Waals surface area contributed by atoms with Crippen molar-refractivity contribution in [2.75, 3.05) is 0 Å². The molecule has 0 aromatic carbocycles. The third-order valence-electron chi connectivity index (χ3n) is 0. The molecule has 0 aliphatic heterocycles. The summed E-state index contributed by atoms with van der Waals surface area (Å²) in [4.78, 5) is 0. The largest absolute Gasteiger partial charge is 1.00 e. The number of hydrogen-bond acceptors (Lipinski definition) is 3. The van der Waals surface area contributed by atoms with E-state index in [9.17, 15) is 8.76 Å². The third-order valence-corrected chi connectivity index (χ3v) is 0. The quantitative estimate of drug-likeness (QED) is 0.518. The molecule has 0 aliphatic carbocycles. The second kappa shape index (κ2) is 3.09. The first-order chi connectivity index (χ1) is 2.00. The molecule has 0 bridgehead atoms. The number of rotatable bonds is 0. The Kier molecular flexibility index (Phi) is 5.20. The van der Waals surface area contributed by atoms with Crippen LogP contribution in [-0.4, -0.2) is 8.76 Å². The first-order valence-electron chi connectivity index (χ1n) is 0.736. The fourth-order valence-electron chi connectivity index (χ4n) is 0. The van der Waals surface area contributed by atoms with Crippen LogP contribution < -0.4 is 5.14 Å². The summed E-state index contributed by atoms with van der Waals surface area (Å²) in [5.41, 5.74) is 0. The zero-order valence-corrected chi connectivity index (χ0v) is 5.63. The van der Waals surface area contributed by atoms with Gasteiger partial charge in [-0.1, -0.05) is 0 Å². The minimum Gasteiger partial charge on any atom is -0.758 e. The van der Waals surface area contributed by atoms with E-state index in [4.69, 9.17) is 0 Å². The van der Waals surface area contributed by atoms with Gasteiger partial charge in [-0.05, 0) is 11.2 Å². The smallest absolute Gasteiger partial charge is 0.758 e. The van der Waals surface area contributed by atoms with Gasteiger partial charge >= 0.3 is 22.4 Å². The Morgan fingerprint density at radius 2 is 1.83 bits per heavy atom. The van der Waals surface area contributed by atoms with Crippen molar-refractivity contribution in [1.29, 1.82) is 0 Å². The van der Waals surface area contributed by atoms with Crippen molar-refractivity contribution in [3.63, 3.8) is 0 Å². The Hall–Kier alpha value is 1.03. The van der Waals surface area contributed by atoms with E-state index in [2.05, 4.69) is 16.3 Å². The van der Waals surface area contributed by atoms with Crippen LogP contribution in [0.5, 0.6) is 0 Å². The summed E-state index contributed by atoms with van der Waals surface area (Å²) in [6.07, 6.45) is 0. The Labute approximate surface area is 56.4 Å². The molecule has 3 nitrogen and oxygen atoms in total. The van der Waals surface area contributed by atoms with E-state index < -0.39 is 8.96 Å². The maximum absolute atomic E-state index is 9.22. The Morgan fingerprint density at radius 1 is 1.83 bits per heavy atom. The molecule has 0 saturated carbocycles. The van der Waals surface area contributed by atoms with Gasteiger partial charge in [0.25, 0.3) is 0 Å². The molecule has 0 aromatic rings. The molecular formula is H2AgNO2S2. The van der Waals surface area contributed by atoms with Crippen LogP contribution in [0.2, 0.25) is 0 Å². The molecule has 6 heteroatoms. The SMILES string of the molecule is NS(=O)([O-])=S.[Ag+].